The van der Waals surface area contributed by atoms with Crippen molar-refractivity contribution in [1.82, 2.24) is 0 Å². The molecule has 3 aromatic rings. The van der Waals surface area contributed by atoms with Crippen LogP contribution in [0.25, 0.3) is 0 Å². The monoisotopic (exact) mass is 399 g/mol. The zero-order valence-corrected chi connectivity index (χ0v) is 17.8. The second-order valence-electron chi connectivity index (χ2n) is 7.92. The Kier molecular flexibility index (Phi) is 4.14. The summed E-state index contributed by atoms with van der Waals surface area (Å²) in [5.41, 5.74) is 5.53. The Morgan fingerprint density at radius 2 is 1.47 bits per heavy atom. The van der Waals surface area contributed by atoms with Gasteiger partial charge in [0, 0.05) is 29.8 Å². The molecule has 2 heterocycles. The molecule has 0 atom stereocenters. The fourth-order valence-corrected chi connectivity index (χ4v) is 4.94. The van der Waals surface area contributed by atoms with E-state index >= 15 is 0 Å². The Hall–Kier alpha value is -3.27. The highest BCUT2D eigenvalue weighted by Crippen LogP contribution is 2.58. The SMILES string of the molecule is CCN(CC)c1cc(C)c(C)c2c1C(=O)OC21c2ccccc2Oc2ccccc21. The van der Waals surface area contributed by atoms with Crippen LogP contribution in [0, 0.1) is 13.8 Å². The first kappa shape index (κ1) is 18.7. The summed E-state index contributed by atoms with van der Waals surface area (Å²) < 4.78 is 12.6. The quantitative estimate of drug-likeness (QED) is 0.528. The van der Waals surface area contributed by atoms with E-state index in [-0.39, 0.29) is 5.97 Å². The average Bonchev–Trinajstić information content (AvgIpc) is 3.06. The largest absolute Gasteiger partial charge is 0.456 e. The Bertz CT molecular complexity index is 1130. The number of rotatable bonds is 3. The van der Waals surface area contributed by atoms with Gasteiger partial charge >= 0.3 is 5.97 Å². The number of aryl methyl sites for hydroxylation is 1. The molecule has 0 N–H and O–H groups in total. The van der Waals surface area contributed by atoms with E-state index in [9.17, 15) is 4.79 Å². The van der Waals surface area contributed by atoms with Crippen LogP contribution in [0.5, 0.6) is 11.5 Å². The first-order valence-corrected chi connectivity index (χ1v) is 10.5. The molecule has 30 heavy (non-hydrogen) atoms. The highest BCUT2D eigenvalue weighted by Gasteiger charge is 2.55. The minimum absolute atomic E-state index is 0.276. The van der Waals surface area contributed by atoms with Gasteiger partial charge in [0.05, 0.1) is 11.3 Å². The number of hydrogen-bond acceptors (Lipinski definition) is 4. The molecule has 5 rings (SSSR count). The third kappa shape index (κ3) is 2.30. The van der Waals surface area contributed by atoms with E-state index in [0.29, 0.717) is 5.56 Å². The maximum atomic E-state index is 13.5. The predicted molar refractivity (Wildman–Crippen MR) is 118 cm³/mol. The number of hydrogen-bond donors (Lipinski definition) is 0. The molecule has 0 unspecified atom stereocenters. The van der Waals surface area contributed by atoms with Crippen molar-refractivity contribution in [2.24, 2.45) is 0 Å². The first-order chi connectivity index (χ1) is 14.5. The molecule has 0 aromatic heterocycles. The van der Waals surface area contributed by atoms with Gasteiger partial charge in [0.15, 0.2) is 5.60 Å². The van der Waals surface area contributed by atoms with E-state index in [2.05, 4.69) is 38.7 Å². The van der Waals surface area contributed by atoms with Crippen molar-refractivity contribution in [2.75, 3.05) is 18.0 Å². The number of para-hydroxylation sites is 2. The lowest BCUT2D eigenvalue weighted by Gasteiger charge is -2.37. The van der Waals surface area contributed by atoms with Crippen molar-refractivity contribution in [3.8, 4) is 11.5 Å². The smallest absolute Gasteiger partial charge is 0.342 e. The maximum absolute atomic E-state index is 13.5. The van der Waals surface area contributed by atoms with Crippen LogP contribution in [0.2, 0.25) is 0 Å². The molecule has 1 spiro atoms. The molecule has 3 aromatic carbocycles. The van der Waals surface area contributed by atoms with Crippen molar-refractivity contribution >= 4 is 11.7 Å². The lowest BCUT2D eigenvalue weighted by molar-refractivity contribution is 0.0223. The van der Waals surface area contributed by atoms with Gasteiger partial charge in [0.2, 0.25) is 0 Å². The second-order valence-corrected chi connectivity index (χ2v) is 7.92. The van der Waals surface area contributed by atoms with Crippen LogP contribution in [0.1, 0.15) is 52.0 Å². The molecule has 0 saturated carbocycles. The van der Waals surface area contributed by atoms with E-state index < -0.39 is 5.60 Å². The zero-order valence-electron chi connectivity index (χ0n) is 17.8. The number of anilines is 1. The molecule has 0 amide bonds. The third-order valence-corrected chi connectivity index (χ3v) is 6.48. The van der Waals surface area contributed by atoms with Gasteiger partial charge in [-0.3, -0.25) is 0 Å². The minimum Gasteiger partial charge on any atom is -0.456 e. The minimum atomic E-state index is -1.00. The Morgan fingerprint density at radius 3 is 2.03 bits per heavy atom. The first-order valence-electron chi connectivity index (χ1n) is 10.5. The van der Waals surface area contributed by atoms with Crippen LogP contribution in [0.15, 0.2) is 54.6 Å². The Labute approximate surface area is 177 Å². The number of fused-ring (bicyclic) bond motifs is 6. The summed E-state index contributed by atoms with van der Waals surface area (Å²) in [6.45, 7) is 10.1. The fraction of sp³-hybridized carbons (Fsp3) is 0.269. The highest BCUT2D eigenvalue weighted by atomic mass is 16.6. The number of nitrogens with zero attached hydrogens (tertiary/aromatic N) is 1. The molecule has 0 saturated heterocycles. The molecule has 0 radical (unpaired) electrons. The summed E-state index contributed by atoms with van der Waals surface area (Å²) in [5, 5.41) is 0. The molecule has 152 valence electrons. The molecule has 4 nitrogen and oxygen atoms in total. The third-order valence-electron chi connectivity index (χ3n) is 6.48. The molecule has 0 fully saturated rings. The number of carbonyl (C=O) groups excluding carboxylic acids is 1. The molecular formula is C26H25NO3. The molecule has 0 bridgehead atoms. The molecule has 2 aliphatic rings. The molecule has 4 heteroatoms. The fourth-order valence-electron chi connectivity index (χ4n) is 4.94. The van der Waals surface area contributed by atoms with Crippen LogP contribution >= 0.6 is 0 Å². The maximum Gasteiger partial charge on any atom is 0.342 e. The van der Waals surface area contributed by atoms with Gasteiger partial charge in [-0.25, -0.2) is 4.79 Å². The summed E-state index contributed by atoms with van der Waals surface area (Å²) in [6, 6.07) is 17.9. The van der Waals surface area contributed by atoms with Gasteiger partial charge < -0.3 is 14.4 Å². The van der Waals surface area contributed by atoms with Gasteiger partial charge in [0.1, 0.15) is 11.5 Å². The topological polar surface area (TPSA) is 38.8 Å². The van der Waals surface area contributed by atoms with E-state index in [1.54, 1.807) is 0 Å². The van der Waals surface area contributed by atoms with Gasteiger partial charge in [-0.05, 0) is 57.0 Å². The summed E-state index contributed by atoms with van der Waals surface area (Å²) in [4.78, 5) is 15.7. The number of esters is 1. The Balaban J connectivity index is 1.93. The van der Waals surface area contributed by atoms with Crippen LogP contribution in [0.4, 0.5) is 5.69 Å². The van der Waals surface area contributed by atoms with E-state index in [0.717, 1.165) is 58.1 Å². The van der Waals surface area contributed by atoms with Crippen LogP contribution < -0.4 is 9.64 Å². The van der Waals surface area contributed by atoms with E-state index in [4.69, 9.17) is 9.47 Å². The molecular weight excluding hydrogens is 374 g/mol. The van der Waals surface area contributed by atoms with Crippen LogP contribution in [-0.2, 0) is 10.3 Å². The van der Waals surface area contributed by atoms with Crippen LogP contribution in [-0.4, -0.2) is 19.1 Å². The summed E-state index contributed by atoms with van der Waals surface area (Å²) >= 11 is 0. The highest BCUT2D eigenvalue weighted by molar-refractivity contribution is 6.03. The van der Waals surface area contributed by atoms with Crippen molar-refractivity contribution in [3.63, 3.8) is 0 Å². The number of benzene rings is 3. The van der Waals surface area contributed by atoms with Crippen LogP contribution in [0.3, 0.4) is 0 Å². The van der Waals surface area contributed by atoms with Gasteiger partial charge in [-0.2, -0.15) is 0 Å². The van der Waals surface area contributed by atoms with Crippen molar-refractivity contribution in [3.05, 3.63) is 88.0 Å². The summed E-state index contributed by atoms with van der Waals surface area (Å²) in [5.74, 6) is 1.17. The van der Waals surface area contributed by atoms with E-state index in [1.165, 1.54) is 0 Å². The van der Waals surface area contributed by atoms with Gasteiger partial charge in [0.25, 0.3) is 0 Å². The molecule has 2 aliphatic heterocycles. The normalized spacial score (nSPS) is 15.1. The number of ether oxygens (including phenoxy) is 2. The molecule has 0 aliphatic carbocycles. The van der Waals surface area contributed by atoms with E-state index in [1.807, 2.05) is 48.5 Å². The summed E-state index contributed by atoms with van der Waals surface area (Å²) in [7, 11) is 0. The Morgan fingerprint density at radius 1 is 0.900 bits per heavy atom. The van der Waals surface area contributed by atoms with Crippen molar-refractivity contribution < 1.29 is 14.3 Å². The van der Waals surface area contributed by atoms with Gasteiger partial charge in [-0.1, -0.05) is 36.4 Å². The summed E-state index contributed by atoms with van der Waals surface area (Å²) in [6.07, 6.45) is 0. The average molecular weight is 399 g/mol. The van der Waals surface area contributed by atoms with Crippen molar-refractivity contribution in [2.45, 2.75) is 33.3 Å². The lowest BCUT2D eigenvalue weighted by atomic mass is 9.75. The lowest BCUT2D eigenvalue weighted by Crippen LogP contribution is -2.33. The van der Waals surface area contributed by atoms with Gasteiger partial charge in [-0.15, -0.1) is 0 Å². The van der Waals surface area contributed by atoms with Crippen molar-refractivity contribution in [1.29, 1.82) is 0 Å². The standard InChI is InChI=1S/C26H25NO3/c1-5-27(6-2)20-15-16(3)17(4)24-23(20)25(28)30-26(24)18-11-7-9-13-21(18)29-22-14-10-8-12-19(22)26/h7-15H,5-6H2,1-4H3. The number of carbonyl (C=O) groups is 1. The zero-order chi connectivity index (χ0) is 21.0. The predicted octanol–water partition coefficient (Wildman–Crippen LogP) is 5.72. The second kappa shape index (κ2) is 6.63.